The highest BCUT2D eigenvalue weighted by Gasteiger charge is 2.14. The van der Waals surface area contributed by atoms with Crippen LogP contribution in [0.1, 0.15) is 37.1 Å². The highest BCUT2D eigenvalue weighted by molar-refractivity contribution is 5.47. The van der Waals surface area contributed by atoms with Gasteiger partial charge in [0.25, 0.3) is 0 Å². The van der Waals surface area contributed by atoms with Gasteiger partial charge in [-0.05, 0) is 37.1 Å². The Labute approximate surface area is 133 Å². The fourth-order valence-electron chi connectivity index (χ4n) is 2.54. The summed E-state index contributed by atoms with van der Waals surface area (Å²) in [5, 5.41) is 13.2. The maximum atomic E-state index is 9.65. The average Bonchev–Trinajstić information content (AvgIpc) is 2.59. The molecule has 0 aliphatic carbocycles. The second kappa shape index (κ2) is 7.97. The molecule has 3 heteroatoms. The molecule has 2 unspecified atom stereocenters. The van der Waals surface area contributed by atoms with Crippen LogP contribution in [0, 0.1) is 0 Å². The zero-order chi connectivity index (χ0) is 15.9. The van der Waals surface area contributed by atoms with Crippen LogP contribution in [-0.2, 0) is 0 Å². The highest BCUT2D eigenvalue weighted by atomic mass is 16.3. The molecule has 22 heavy (non-hydrogen) atoms. The van der Waals surface area contributed by atoms with Crippen molar-refractivity contribution in [3.05, 3.63) is 65.7 Å². The number of benzene rings is 2. The second-order valence-electron chi connectivity index (χ2n) is 5.64. The van der Waals surface area contributed by atoms with Gasteiger partial charge in [-0.15, -0.1) is 0 Å². The van der Waals surface area contributed by atoms with Gasteiger partial charge in [-0.1, -0.05) is 42.5 Å². The SMILES string of the molecule is CCN(C)c1ccc(C(C)NC(CO)c2ccccc2)cc1. The Balaban J connectivity index is 2.06. The third kappa shape index (κ3) is 4.09. The molecular formula is C19H26N2O. The summed E-state index contributed by atoms with van der Waals surface area (Å²) in [6, 6.07) is 18.8. The lowest BCUT2D eigenvalue weighted by atomic mass is 10.0. The van der Waals surface area contributed by atoms with Gasteiger partial charge in [-0.3, -0.25) is 0 Å². The molecular weight excluding hydrogens is 272 g/mol. The first-order valence-electron chi connectivity index (χ1n) is 7.88. The van der Waals surface area contributed by atoms with Gasteiger partial charge >= 0.3 is 0 Å². The number of anilines is 1. The quantitative estimate of drug-likeness (QED) is 0.821. The van der Waals surface area contributed by atoms with Gasteiger partial charge in [0, 0.05) is 25.3 Å². The largest absolute Gasteiger partial charge is 0.394 e. The summed E-state index contributed by atoms with van der Waals surface area (Å²) in [5.41, 5.74) is 3.56. The molecule has 0 radical (unpaired) electrons. The van der Waals surface area contributed by atoms with Crippen molar-refractivity contribution in [2.24, 2.45) is 0 Å². The Morgan fingerprint density at radius 1 is 1.00 bits per heavy atom. The molecule has 0 bridgehead atoms. The summed E-state index contributed by atoms with van der Waals surface area (Å²) < 4.78 is 0. The molecule has 0 heterocycles. The van der Waals surface area contributed by atoms with Crippen LogP contribution < -0.4 is 10.2 Å². The molecule has 2 N–H and O–H groups in total. The summed E-state index contributed by atoms with van der Waals surface area (Å²) in [6.45, 7) is 5.35. The molecule has 0 amide bonds. The normalized spacial score (nSPS) is 13.6. The van der Waals surface area contributed by atoms with Crippen LogP contribution in [0.4, 0.5) is 5.69 Å². The predicted octanol–water partition coefficient (Wildman–Crippen LogP) is 3.53. The Hall–Kier alpha value is -1.84. The molecule has 0 aliphatic heterocycles. The minimum Gasteiger partial charge on any atom is -0.394 e. The Morgan fingerprint density at radius 3 is 2.18 bits per heavy atom. The molecule has 2 rings (SSSR count). The third-order valence-electron chi connectivity index (χ3n) is 4.14. The van der Waals surface area contributed by atoms with E-state index < -0.39 is 0 Å². The predicted molar refractivity (Wildman–Crippen MR) is 93.2 cm³/mol. The van der Waals surface area contributed by atoms with Crippen molar-refractivity contribution >= 4 is 5.69 Å². The monoisotopic (exact) mass is 298 g/mol. The molecule has 2 aromatic carbocycles. The molecule has 0 aliphatic rings. The Bertz CT molecular complexity index is 553. The van der Waals surface area contributed by atoms with Crippen molar-refractivity contribution in [2.75, 3.05) is 25.1 Å². The summed E-state index contributed by atoms with van der Waals surface area (Å²) >= 11 is 0. The van der Waals surface area contributed by atoms with Crippen molar-refractivity contribution in [1.29, 1.82) is 0 Å². The van der Waals surface area contributed by atoms with E-state index in [2.05, 4.69) is 55.4 Å². The number of rotatable bonds is 7. The first-order valence-corrected chi connectivity index (χ1v) is 7.88. The summed E-state index contributed by atoms with van der Waals surface area (Å²) in [5.74, 6) is 0. The number of hydrogen-bond acceptors (Lipinski definition) is 3. The first kappa shape index (κ1) is 16.5. The van der Waals surface area contributed by atoms with Crippen molar-refractivity contribution < 1.29 is 5.11 Å². The molecule has 118 valence electrons. The maximum Gasteiger partial charge on any atom is 0.0626 e. The number of nitrogens with one attached hydrogen (secondary N) is 1. The number of hydrogen-bond donors (Lipinski definition) is 2. The number of aliphatic hydroxyl groups excluding tert-OH is 1. The lowest BCUT2D eigenvalue weighted by Gasteiger charge is -2.23. The van der Waals surface area contributed by atoms with Gasteiger partial charge in [0.15, 0.2) is 0 Å². The van der Waals surface area contributed by atoms with Crippen LogP contribution in [0.5, 0.6) is 0 Å². The van der Waals surface area contributed by atoms with E-state index in [1.54, 1.807) is 0 Å². The van der Waals surface area contributed by atoms with Gasteiger partial charge in [-0.2, -0.15) is 0 Å². The molecule has 2 atom stereocenters. The minimum absolute atomic E-state index is 0.0470. The summed E-state index contributed by atoms with van der Waals surface area (Å²) in [6.07, 6.45) is 0. The molecule has 0 aromatic heterocycles. The van der Waals surface area contributed by atoms with Crippen LogP contribution in [0.2, 0.25) is 0 Å². The lowest BCUT2D eigenvalue weighted by molar-refractivity contribution is 0.235. The maximum absolute atomic E-state index is 9.65. The fraction of sp³-hybridized carbons (Fsp3) is 0.368. The van der Waals surface area contributed by atoms with E-state index in [1.165, 1.54) is 11.3 Å². The number of aliphatic hydroxyl groups is 1. The van der Waals surface area contributed by atoms with E-state index in [4.69, 9.17) is 0 Å². The highest BCUT2D eigenvalue weighted by Crippen LogP contribution is 2.22. The lowest BCUT2D eigenvalue weighted by Crippen LogP contribution is -2.27. The van der Waals surface area contributed by atoms with E-state index in [0.717, 1.165) is 12.1 Å². The Morgan fingerprint density at radius 2 is 1.64 bits per heavy atom. The van der Waals surface area contributed by atoms with Gasteiger partial charge in [0.2, 0.25) is 0 Å². The number of nitrogens with zero attached hydrogens (tertiary/aromatic N) is 1. The van der Waals surface area contributed by atoms with Crippen LogP contribution in [0.15, 0.2) is 54.6 Å². The van der Waals surface area contributed by atoms with E-state index in [-0.39, 0.29) is 18.7 Å². The van der Waals surface area contributed by atoms with E-state index in [0.29, 0.717) is 0 Å². The van der Waals surface area contributed by atoms with Crippen molar-refractivity contribution in [1.82, 2.24) is 5.32 Å². The van der Waals surface area contributed by atoms with Gasteiger partial charge in [0.05, 0.1) is 12.6 Å². The van der Waals surface area contributed by atoms with Crippen LogP contribution in [0.3, 0.4) is 0 Å². The van der Waals surface area contributed by atoms with Crippen molar-refractivity contribution in [2.45, 2.75) is 25.9 Å². The average molecular weight is 298 g/mol. The van der Waals surface area contributed by atoms with Gasteiger partial charge in [0.1, 0.15) is 0 Å². The van der Waals surface area contributed by atoms with E-state index in [9.17, 15) is 5.11 Å². The zero-order valence-corrected chi connectivity index (χ0v) is 13.7. The van der Waals surface area contributed by atoms with E-state index >= 15 is 0 Å². The second-order valence-corrected chi connectivity index (χ2v) is 5.64. The van der Waals surface area contributed by atoms with Crippen LogP contribution in [0.25, 0.3) is 0 Å². The minimum atomic E-state index is -0.0470. The smallest absolute Gasteiger partial charge is 0.0626 e. The zero-order valence-electron chi connectivity index (χ0n) is 13.7. The Kier molecular flexibility index (Phi) is 5.99. The molecule has 3 nitrogen and oxygen atoms in total. The molecule has 0 fully saturated rings. The molecule has 0 saturated carbocycles. The molecule has 0 saturated heterocycles. The van der Waals surface area contributed by atoms with Gasteiger partial charge in [-0.25, -0.2) is 0 Å². The van der Waals surface area contributed by atoms with Gasteiger partial charge < -0.3 is 15.3 Å². The molecule has 2 aromatic rings. The fourth-order valence-corrected chi connectivity index (χ4v) is 2.54. The topological polar surface area (TPSA) is 35.5 Å². The third-order valence-corrected chi connectivity index (χ3v) is 4.14. The van der Waals surface area contributed by atoms with Crippen molar-refractivity contribution in [3.8, 4) is 0 Å². The molecule has 0 spiro atoms. The van der Waals surface area contributed by atoms with Crippen LogP contribution in [-0.4, -0.2) is 25.3 Å². The summed E-state index contributed by atoms with van der Waals surface area (Å²) in [4.78, 5) is 2.21. The van der Waals surface area contributed by atoms with Crippen molar-refractivity contribution in [3.63, 3.8) is 0 Å². The standard InChI is InChI=1S/C19H26N2O/c1-4-21(3)18-12-10-16(11-13-18)15(2)20-19(14-22)17-8-6-5-7-9-17/h5-13,15,19-20,22H,4,14H2,1-3H3. The first-order chi connectivity index (χ1) is 10.7. The summed E-state index contributed by atoms with van der Waals surface area (Å²) in [7, 11) is 2.09. The van der Waals surface area contributed by atoms with Crippen LogP contribution >= 0.6 is 0 Å². The van der Waals surface area contributed by atoms with E-state index in [1.807, 2.05) is 30.3 Å².